The smallest absolute Gasteiger partial charge is 0.258 e. The number of hydrogen-bond acceptors (Lipinski definition) is 5. The fraction of sp³-hybridized carbons (Fsp3) is 0.529. The second-order valence-corrected chi connectivity index (χ2v) is 6.17. The number of nitrogens with one attached hydrogen (secondary N) is 2. The van der Waals surface area contributed by atoms with Crippen LogP contribution in [0.2, 0.25) is 0 Å². The molecule has 7 heteroatoms. The molecule has 1 aromatic carbocycles. The van der Waals surface area contributed by atoms with Gasteiger partial charge in [-0.1, -0.05) is 12.1 Å². The van der Waals surface area contributed by atoms with E-state index in [9.17, 15) is 9.59 Å². The van der Waals surface area contributed by atoms with Gasteiger partial charge >= 0.3 is 0 Å². The van der Waals surface area contributed by atoms with E-state index in [-0.39, 0.29) is 11.8 Å². The quantitative estimate of drug-likeness (QED) is 0.761. The van der Waals surface area contributed by atoms with E-state index in [1.165, 1.54) is 0 Å². The van der Waals surface area contributed by atoms with Crippen LogP contribution in [-0.4, -0.2) is 62.3 Å². The van der Waals surface area contributed by atoms with Crippen LogP contribution in [0.4, 0.5) is 0 Å². The van der Waals surface area contributed by atoms with E-state index >= 15 is 0 Å². The molecule has 0 saturated carbocycles. The third-order valence-electron chi connectivity index (χ3n) is 4.44. The molecular weight excluding hydrogens is 310 g/mol. The van der Waals surface area contributed by atoms with Gasteiger partial charge in [-0.15, -0.1) is 0 Å². The van der Waals surface area contributed by atoms with Gasteiger partial charge in [-0.3, -0.25) is 14.5 Å². The van der Waals surface area contributed by atoms with Crippen molar-refractivity contribution in [1.82, 2.24) is 15.5 Å². The number of methoxy groups -OCH3 is 1. The number of likely N-dealkylation sites (tertiary alicyclic amines) is 1. The summed E-state index contributed by atoms with van der Waals surface area (Å²) in [6.07, 6.45) is 1.30. The van der Waals surface area contributed by atoms with E-state index in [1.54, 1.807) is 13.2 Å². The van der Waals surface area contributed by atoms with Crippen molar-refractivity contribution in [2.24, 2.45) is 0 Å². The van der Waals surface area contributed by atoms with E-state index in [0.717, 1.165) is 0 Å². The first-order valence-corrected chi connectivity index (χ1v) is 8.20. The number of carbonyl (C=O) groups excluding carboxylic acids is 2. The predicted octanol–water partition coefficient (Wildman–Crippen LogP) is 0.364. The van der Waals surface area contributed by atoms with Crippen LogP contribution in [0.25, 0.3) is 0 Å². The highest BCUT2D eigenvalue weighted by Gasteiger charge is 2.42. The Hall–Kier alpha value is -2.12. The van der Waals surface area contributed by atoms with Gasteiger partial charge in [0.1, 0.15) is 5.75 Å². The maximum Gasteiger partial charge on any atom is 0.258 e. The zero-order chi connectivity index (χ0) is 17.0. The van der Waals surface area contributed by atoms with E-state index in [4.69, 9.17) is 9.47 Å². The minimum Gasteiger partial charge on any atom is -0.467 e. The van der Waals surface area contributed by atoms with Crippen LogP contribution in [-0.2, 0) is 9.53 Å². The average Bonchev–Trinajstić information content (AvgIpc) is 2.57. The zero-order valence-corrected chi connectivity index (χ0v) is 13.8. The summed E-state index contributed by atoms with van der Waals surface area (Å²) in [5.41, 5.74) is -0.0860. The zero-order valence-electron chi connectivity index (χ0n) is 13.8. The summed E-state index contributed by atoms with van der Waals surface area (Å²) in [5.74, 6) is 0.525. The van der Waals surface area contributed by atoms with Gasteiger partial charge in [0, 0.05) is 39.6 Å². The first-order chi connectivity index (χ1) is 11.6. The molecule has 0 bridgehead atoms. The van der Waals surface area contributed by atoms with Crippen LogP contribution in [0.1, 0.15) is 23.2 Å². The molecule has 2 amide bonds. The Kier molecular flexibility index (Phi) is 5.01. The molecule has 2 N–H and O–H groups in total. The third kappa shape index (κ3) is 3.68. The molecule has 0 aromatic heterocycles. The summed E-state index contributed by atoms with van der Waals surface area (Å²) in [4.78, 5) is 26.2. The Balaban J connectivity index is 1.54. The standard InChI is InChI=1S/C17H23N3O4/c1-23-11-8-18-15(21)12-20-9-6-17(7-10-20)19-16(22)13-4-2-3-5-14(13)24-17/h2-5H,6-12H2,1H3,(H,18,21)(H,19,22). The predicted molar refractivity (Wildman–Crippen MR) is 87.8 cm³/mol. The molecule has 0 aliphatic carbocycles. The summed E-state index contributed by atoms with van der Waals surface area (Å²) < 4.78 is 11.0. The van der Waals surface area contributed by atoms with Crippen molar-refractivity contribution < 1.29 is 19.1 Å². The maximum absolute atomic E-state index is 12.3. The van der Waals surface area contributed by atoms with Crippen molar-refractivity contribution in [3.05, 3.63) is 29.8 Å². The van der Waals surface area contributed by atoms with Gasteiger partial charge in [-0.25, -0.2) is 0 Å². The summed E-state index contributed by atoms with van der Waals surface area (Å²) in [6, 6.07) is 7.28. The van der Waals surface area contributed by atoms with Gasteiger partial charge in [0.15, 0.2) is 5.72 Å². The fourth-order valence-corrected chi connectivity index (χ4v) is 3.10. The highest BCUT2D eigenvalue weighted by molar-refractivity contribution is 5.98. The largest absolute Gasteiger partial charge is 0.467 e. The van der Waals surface area contributed by atoms with Crippen LogP contribution < -0.4 is 15.4 Å². The maximum atomic E-state index is 12.3. The molecule has 1 aromatic rings. The Morgan fingerprint density at radius 2 is 2.12 bits per heavy atom. The third-order valence-corrected chi connectivity index (χ3v) is 4.44. The van der Waals surface area contributed by atoms with Crippen molar-refractivity contribution >= 4 is 11.8 Å². The van der Waals surface area contributed by atoms with Crippen molar-refractivity contribution in [2.45, 2.75) is 18.6 Å². The molecule has 3 rings (SSSR count). The molecule has 1 saturated heterocycles. The van der Waals surface area contributed by atoms with E-state index in [0.29, 0.717) is 56.9 Å². The van der Waals surface area contributed by atoms with Crippen LogP contribution in [0, 0.1) is 0 Å². The highest BCUT2D eigenvalue weighted by atomic mass is 16.5. The Morgan fingerprint density at radius 1 is 1.38 bits per heavy atom. The van der Waals surface area contributed by atoms with Crippen molar-refractivity contribution in [2.75, 3.05) is 39.9 Å². The van der Waals surface area contributed by atoms with Gasteiger partial charge in [0.25, 0.3) is 5.91 Å². The molecule has 130 valence electrons. The molecule has 1 fully saturated rings. The normalized spacial score (nSPS) is 19.3. The molecule has 24 heavy (non-hydrogen) atoms. The van der Waals surface area contributed by atoms with E-state index in [2.05, 4.69) is 15.5 Å². The van der Waals surface area contributed by atoms with Crippen LogP contribution in [0.3, 0.4) is 0 Å². The van der Waals surface area contributed by atoms with Gasteiger partial charge in [0.2, 0.25) is 5.91 Å². The molecule has 2 heterocycles. The molecular formula is C17H23N3O4. The number of para-hydroxylation sites is 1. The number of carbonyl (C=O) groups is 2. The van der Waals surface area contributed by atoms with Crippen molar-refractivity contribution in [1.29, 1.82) is 0 Å². The summed E-state index contributed by atoms with van der Waals surface area (Å²) in [7, 11) is 1.60. The first-order valence-electron chi connectivity index (χ1n) is 8.20. The monoisotopic (exact) mass is 333 g/mol. The van der Waals surface area contributed by atoms with Crippen LogP contribution >= 0.6 is 0 Å². The highest BCUT2D eigenvalue weighted by Crippen LogP contribution is 2.33. The van der Waals surface area contributed by atoms with Crippen molar-refractivity contribution in [3.8, 4) is 5.75 Å². The van der Waals surface area contributed by atoms with Gasteiger partial charge < -0.3 is 20.1 Å². The fourth-order valence-electron chi connectivity index (χ4n) is 3.10. The number of piperidine rings is 1. The van der Waals surface area contributed by atoms with Gasteiger partial charge in [0.05, 0.1) is 18.7 Å². The molecule has 1 spiro atoms. The van der Waals surface area contributed by atoms with Gasteiger partial charge in [-0.05, 0) is 12.1 Å². The van der Waals surface area contributed by atoms with Gasteiger partial charge in [-0.2, -0.15) is 0 Å². The Labute approximate surface area is 141 Å². The summed E-state index contributed by atoms with van der Waals surface area (Å²) >= 11 is 0. The average molecular weight is 333 g/mol. The minimum atomic E-state index is -0.658. The second-order valence-electron chi connectivity index (χ2n) is 6.17. The Bertz CT molecular complexity index is 612. The summed E-state index contributed by atoms with van der Waals surface area (Å²) in [6.45, 7) is 2.77. The number of nitrogens with zero attached hydrogens (tertiary/aromatic N) is 1. The number of rotatable bonds is 5. The number of hydrogen-bond donors (Lipinski definition) is 2. The number of benzene rings is 1. The van der Waals surface area contributed by atoms with E-state index in [1.807, 2.05) is 18.2 Å². The number of amides is 2. The lowest BCUT2D eigenvalue weighted by Crippen LogP contribution is -2.61. The second kappa shape index (κ2) is 7.19. The lowest BCUT2D eigenvalue weighted by molar-refractivity contribution is -0.123. The van der Waals surface area contributed by atoms with Crippen LogP contribution in [0.5, 0.6) is 5.75 Å². The number of fused-ring (bicyclic) bond motifs is 1. The molecule has 0 unspecified atom stereocenters. The van der Waals surface area contributed by atoms with E-state index < -0.39 is 5.72 Å². The first kappa shape index (κ1) is 16.7. The molecule has 7 nitrogen and oxygen atoms in total. The Morgan fingerprint density at radius 3 is 2.88 bits per heavy atom. The molecule has 2 aliphatic heterocycles. The lowest BCUT2D eigenvalue weighted by Gasteiger charge is -2.44. The lowest BCUT2D eigenvalue weighted by atomic mass is 9.97. The van der Waals surface area contributed by atoms with Crippen LogP contribution in [0.15, 0.2) is 24.3 Å². The number of ether oxygens (including phenoxy) is 2. The molecule has 2 aliphatic rings. The van der Waals surface area contributed by atoms with Crippen molar-refractivity contribution in [3.63, 3.8) is 0 Å². The summed E-state index contributed by atoms with van der Waals surface area (Å²) in [5, 5.41) is 5.81. The topological polar surface area (TPSA) is 79.9 Å². The minimum absolute atomic E-state index is 0.0121. The molecule has 0 radical (unpaired) electrons. The molecule has 0 atom stereocenters. The SMILES string of the molecule is COCCNC(=O)CN1CCC2(CC1)NC(=O)c1ccccc1O2.